The van der Waals surface area contributed by atoms with Crippen LogP contribution in [0.2, 0.25) is 0 Å². The third kappa shape index (κ3) is 2.45. The number of Topliss-reactive ketones (excluding diaryl/α,β-unsaturated/α-hetero) is 1. The highest BCUT2D eigenvalue weighted by molar-refractivity contribution is 5.97. The van der Waals surface area contributed by atoms with Crippen LogP contribution in [0.3, 0.4) is 0 Å². The van der Waals surface area contributed by atoms with Gasteiger partial charge in [-0.1, -0.05) is 25.1 Å². The third-order valence-electron chi connectivity index (χ3n) is 2.75. The van der Waals surface area contributed by atoms with Gasteiger partial charge < -0.3 is 0 Å². The molecule has 92 valence electrons. The monoisotopic (exact) mass is 246 g/mol. The SMILES string of the molecule is CCC(=O)c1cccc(-c2cc(F)ccc2F)c1. The molecule has 0 aliphatic rings. The minimum absolute atomic E-state index is 0.0198. The summed E-state index contributed by atoms with van der Waals surface area (Å²) in [7, 11) is 0. The number of ketones is 1. The number of hydrogen-bond donors (Lipinski definition) is 0. The lowest BCUT2D eigenvalue weighted by Gasteiger charge is -2.05. The fraction of sp³-hybridized carbons (Fsp3) is 0.133. The number of carbonyl (C=O) groups excluding carboxylic acids is 1. The van der Waals surface area contributed by atoms with Crippen LogP contribution in [0.1, 0.15) is 23.7 Å². The molecule has 3 heteroatoms. The summed E-state index contributed by atoms with van der Waals surface area (Å²) in [5.74, 6) is -1.02. The quantitative estimate of drug-likeness (QED) is 0.741. The van der Waals surface area contributed by atoms with Gasteiger partial charge in [-0.2, -0.15) is 0 Å². The van der Waals surface area contributed by atoms with Crippen LogP contribution in [0, 0.1) is 11.6 Å². The van der Waals surface area contributed by atoms with Crippen molar-refractivity contribution in [2.24, 2.45) is 0 Å². The van der Waals surface area contributed by atoms with Crippen LogP contribution in [0.15, 0.2) is 42.5 Å². The molecule has 0 N–H and O–H groups in total. The van der Waals surface area contributed by atoms with E-state index < -0.39 is 11.6 Å². The minimum Gasteiger partial charge on any atom is -0.294 e. The van der Waals surface area contributed by atoms with E-state index in [2.05, 4.69) is 0 Å². The lowest BCUT2D eigenvalue weighted by Crippen LogP contribution is -1.96. The summed E-state index contributed by atoms with van der Waals surface area (Å²) >= 11 is 0. The topological polar surface area (TPSA) is 17.1 Å². The second-order valence-corrected chi connectivity index (χ2v) is 3.98. The largest absolute Gasteiger partial charge is 0.294 e. The van der Waals surface area contributed by atoms with E-state index in [0.29, 0.717) is 17.5 Å². The molecule has 0 amide bonds. The third-order valence-corrected chi connectivity index (χ3v) is 2.75. The van der Waals surface area contributed by atoms with E-state index in [1.807, 2.05) is 0 Å². The highest BCUT2D eigenvalue weighted by Crippen LogP contribution is 2.24. The Morgan fingerprint density at radius 3 is 2.61 bits per heavy atom. The first-order chi connectivity index (χ1) is 8.61. The zero-order valence-electron chi connectivity index (χ0n) is 9.91. The molecule has 0 spiro atoms. The number of carbonyl (C=O) groups is 1. The van der Waals surface area contributed by atoms with E-state index in [0.717, 1.165) is 18.2 Å². The van der Waals surface area contributed by atoms with Gasteiger partial charge in [-0.3, -0.25) is 4.79 Å². The van der Waals surface area contributed by atoms with E-state index in [1.165, 1.54) is 0 Å². The molecule has 1 nitrogen and oxygen atoms in total. The van der Waals surface area contributed by atoms with Gasteiger partial charge >= 0.3 is 0 Å². The molecule has 0 radical (unpaired) electrons. The Hall–Kier alpha value is -2.03. The van der Waals surface area contributed by atoms with Crippen molar-refractivity contribution in [3.63, 3.8) is 0 Å². The molecule has 2 aromatic carbocycles. The Labute approximate surface area is 104 Å². The van der Waals surface area contributed by atoms with E-state index in [9.17, 15) is 13.6 Å². The van der Waals surface area contributed by atoms with Gasteiger partial charge in [-0.15, -0.1) is 0 Å². The summed E-state index contributed by atoms with van der Waals surface area (Å²) in [4.78, 5) is 11.6. The lowest BCUT2D eigenvalue weighted by atomic mass is 10.00. The Morgan fingerprint density at radius 2 is 1.89 bits per heavy atom. The van der Waals surface area contributed by atoms with Gasteiger partial charge in [0.1, 0.15) is 11.6 Å². The van der Waals surface area contributed by atoms with Gasteiger partial charge in [0.2, 0.25) is 0 Å². The second kappa shape index (κ2) is 5.08. The molecule has 0 unspecified atom stereocenters. The number of hydrogen-bond acceptors (Lipinski definition) is 1. The van der Waals surface area contributed by atoms with Crippen molar-refractivity contribution >= 4 is 5.78 Å². The molecule has 0 aliphatic heterocycles. The first kappa shape index (κ1) is 12.4. The average Bonchev–Trinajstić information content (AvgIpc) is 2.40. The fourth-order valence-electron chi connectivity index (χ4n) is 1.78. The van der Waals surface area contributed by atoms with E-state index in [1.54, 1.807) is 31.2 Å². The molecular weight excluding hydrogens is 234 g/mol. The van der Waals surface area contributed by atoms with Crippen LogP contribution >= 0.6 is 0 Å². The highest BCUT2D eigenvalue weighted by atomic mass is 19.1. The molecule has 0 aliphatic carbocycles. The number of rotatable bonds is 3. The summed E-state index contributed by atoms with van der Waals surface area (Å²) in [5, 5.41) is 0. The molecule has 2 rings (SSSR count). The van der Waals surface area contributed by atoms with Crippen LogP contribution in [0.25, 0.3) is 11.1 Å². The Kier molecular flexibility index (Phi) is 3.51. The molecule has 0 atom stereocenters. The molecule has 0 saturated carbocycles. The first-order valence-corrected chi connectivity index (χ1v) is 5.70. The molecule has 18 heavy (non-hydrogen) atoms. The first-order valence-electron chi connectivity index (χ1n) is 5.70. The molecular formula is C15H12F2O. The Bertz CT molecular complexity index is 591. The van der Waals surface area contributed by atoms with Gasteiger partial charge in [-0.05, 0) is 29.8 Å². The Balaban J connectivity index is 2.51. The summed E-state index contributed by atoms with van der Waals surface area (Å²) in [6.07, 6.45) is 0.384. The zero-order valence-corrected chi connectivity index (χ0v) is 9.91. The van der Waals surface area contributed by atoms with Crippen molar-refractivity contribution in [3.05, 3.63) is 59.7 Å². The smallest absolute Gasteiger partial charge is 0.162 e. The second-order valence-electron chi connectivity index (χ2n) is 3.98. The molecule has 0 fully saturated rings. The number of benzene rings is 2. The average molecular weight is 246 g/mol. The Morgan fingerprint density at radius 1 is 1.11 bits per heavy atom. The fourth-order valence-corrected chi connectivity index (χ4v) is 1.78. The zero-order chi connectivity index (χ0) is 13.1. The standard InChI is InChI=1S/C15H12F2O/c1-2-15(18)11-5-3-4-10(8-11)13-9-12(16)6-7-14(13)17/h3-9H,2H2,1H3. The molecule has 2 aromatic rings. The molecule has 0 bridgehead atoms. The maximum Gasteiger partial charge on any atom is 0.162 e. The lowest BCUT2D eigenvalue weighted by molar-refractivity contribution is 0.0988. The number of halogens is 2. The van der Waals surface area contributed by atoms with Gasteiger partial charge in [0.25, 0.3) is 0 Å². The van der Waals surface area contributed by atoms with Crippen molar-refractivity contribution in [1.29, 1.82) is 0 Å². The van der Waals surface area contributed by atoms with Crippen LogP contribution in [0.5, 0.6) is 0 Å². The normalized spacial score (nSPS) is 10.4. The highest BCUT2D eigenvalue weighted by Gasteiger charge is 2.09. The van der Waals surface area contributed by atoms with Crippen molar-refractivity contribution in [3.8, 4) is 11.1 Å². The van der Waals surface area contributed by atoms with E-state index in [-0.39, 0.29) is 11.3 Å². The van der Waals surface area contributed by atoms with Crippen molar-refractivity contribution in [2.75, 3.05) is 0 Å². The van der Waals surface area contributed by atoms with Gasteiger partial charge in [0.05, 0.1) is 0 Å². The van der Waals surface area contributed by atoms with Gasteiger partial charge in [-0.25, -0.2) is 8.78 Å². The summed E-state index contributed by atoms with van der Waals surface area (Å²) in [5.41, 5.74) is 1.19. The van der Waals surface area contributed by atoms with Crippen molar-refractivity contribution < 1.29 is 13.6 Å². The van der Waals surface area contributed by atoms with Crippen LogP contribution in [-0.2, 0) is 0 Å². The maximum absolute atomic E-state index is 13.6. The predicted octanol–water partition coefficient (Wildman–Crippen LogP) is 4.22. The van der Waals surface area contributed by atoms with E-state index in [4.69, 9.17) is 0 Å². The van der Waals surface area contributed by atoms with Crippen molar-refractivity contribution in [2.45, 2.75) is 13.3 Å². The van der Waals surface area contributed by atoms with Crippen LogP contribution in [-0.4, -0.2) is 5.78 Å². The predicted molar refractivity (Wildman–Crippen MR) is 66.4 cm³/mol. The minimum atomic E-state index is -0.502. The van der Waals surface area contributed by atoms with Crippen LogP contribution in [0.4, 0.5) is 8.78 Å². The summed E-state index contributed by atoms with van der Waals surface area (Å²) < 4.78 is 26.7. The maximum atomic E-state index is 13.6. The molecule has 0 heterocycles. The van der Waals surface area contributed by atoms with E-state index >= 15 is 0 Å². The summed E-state index contributed by atoms with van der Waals surface area (Å²) in [6, 6.07) is 9.87. The summed E-state index contributed by atoms with van der Waals surface area (Å²) in [6.45, 7) is 1.76. The molecule has 0 aromatic heterocycles. The van der Waals surface area contributed by atoms with Crippen molar-refractivity contribution in [1.82, 2.24) is 0 Å². The van der Waals surface area contributed by atoms with Gasteiger partial charge in [0, 0.05) is 17.5 Å². The molecule has 0 saturated heterocycles. The van der Waals surface area contributed by atoms with Gasteiger partial charge in [0.15, 0.2) is 5.78 Å². The van der Waals surface area contributed by atoms with Crippen LogP contribution < -0.4 is 0 Å².